The molecule has 0 bridgehead atoms. The van der Waals surface area contributed by atoms with Gasteiger partial charge in [-0.2, -0.15) is 5.10 Å². The molecular formula is C22H16BrF2N3. The molecule has 1 aliphatic rings. The summed E-state index contributed by atoms with van der Waals surface area (Å²) in [6, 6.07) is 18.6. The van der Waals surface area contributed by atoms with Crippen LogP contribution >= 0.6 is 15.9 Å². The zero-order valence-electron chi connectivity index (χ0n) is 14.8. The average Bonchev–Trinajstić information content (AvgIpc) is 3.49. The van der Waals surface area contributed by atoms with E-state index in [0.29, 0.717) is 16.7 Å². The zero-order valence-corrected chi connectivity index (χ0v) is 16.4. The summed E-state index contributed by atoms with van der Waals surface area (Å²) in [4.78, 5) is 4.78. The van der Waals surface area contributed by atoms with Crippen molar-refractivity contribution in [2.24, 2.45) is 0 Å². The van der Waals surface area contributed by atoms with Crippen LogP contribution in [0.25, 0.3) is 28.0 Å². The summed E-state index contributed by atoms with van der Waals surface area (Å²) in [5.74, 6) is 0.241. The fourth-order valence-electron chi connectivity index (χ4n) is 3.50. The number of pyridine rings is 1. The van der Waals surface area contributed by atoms with E-state index in [-0.39, 0.29) is 11.5 Å². The van der Waals surface area contributed by atoms with Crippen molar-refractivity contribution < 1.29 is 8.78 Å². The third-order valence-electron chi connectivity index (χ3n) is 5.04. The molecular weight excluding hydrogens is 424 g/mol. The van der Waals surface area contributed by atoms with Gasteiger partial charge in [0.25, 0.3) is 6.43 Å². The van der Waals surface area contributed by atoms with E-state index in [2.05, 4.69) is 15.9 Å². The Morgan fingerprint density at radius 2 is 1.71 bits per heavy atom. The van der Waals surface area contributed by atoms with Crippen LogP contribution in [-0.4, -0.2) is 14.8 Å². The Morgan fingerprint density at radius 3 is 2.36 bits per heavy atom. The lowest BCUT2D eigenvalue weighted by Crippen LogP contribution is -1.99. The second kappa shape index (κ2) is 6.78. The molecule has 3 nitrogen and oxygen atoms in total. The minimum Gasteiger partial charge on any atom is -0.228 e. The maximum absolute atomic E-state index is 14.1. The van der Waals surface area contributed by atoms with E-state index < -0.39 is 6.43 Å². The number of benzene rings is 2. The number of hydrogen-bond acceptors (Lipinski definition) is 2. The summed E-state index contributed by atoms with van der Waals surface area (Å²) < 4.78 is 30.8. The largest absolute Gasteiger partial charge is 0.264 e. The Morgan fingerprint density at radius 1 is 1.00 bits per heavy atom. The molecule has 140 valence electrons. The van der Waals surface area contributed by atoms with Crippen LogP contribution < -0.4 is 0 Å². The number of alkyl halides is 2. The fourth-order valence-corrected chi connectivity index (χ4v) is 3.77. The Bertz CT molecular complexity index is 1150. The molecule has 4 aromatic rings. The van der Waals surface area contributed by atoms with Crippen molar-refractivity contribution in [3.05, 3.63) is 76.4 Å². The highest BCUT2D eigenvalue weighted by atomic mass is 79.9. The standard InChI is InChI=1S/C22H16BrF2N3/c23-15-10-8-13(9-11-15)18-12-17(21(24)25)19-20(14-6-7-14)27-28(22(19)26-18)16-4-2-1-3-5-16/h1-5,8-12,14,21H,6-7H2. The fraction of sp³-hybridized carbons (Fsp3) is 0.182. The van der Waals surface area contributed by atoms with Crippen molar-refractivity contribution >= 4 is 27.0 Å². The van der Waals surface area contributed by atoms with E-state index in [4.69, 9.17) is 10.1 Å². The van der Waals surface area contributed by atoms with Crippen LogP contribution in [0.15, 0.2) is 65.1 Å². The molecule has 0 N–H and O–H groups in total. The van der Waals surface area contributed by atoms with Gasteiger partial charge in [0, 0.05) is 21.5 Å². The van der Waals surface area contributed by atoms with E-state index in [0.717, 1.165) is 34.3 Å². The SMILES string of the molecule is FC(F)c1cc(-c2ccc(Br)cc2)nc2c1c(C1CC1)nn2-c1ccccc1. The number of hydrogen-bond donors (Lipinski definition) is 0. The van der Waals surface area contributed by atoms with Gasteiger partial charge in [-0.05, 0) is 43.2 Å². The van der Waals surface area contributed by atoms with E-state index in [1.54, 1.807) is 4.68 Å². The van der Waals surface area contributed by atoms with Crippen molar-refractivity contribution in [1.82, 2.24) is 14.8 Å². The highest BCUT2D eigenvalue weighted by molar-refractivity contribution is 9.10. The third kappa shape index (κ3) is 3.02. The lowest BCUT2D eigenvalue weighted by molar-refractivity contribution is 0.153. The van der Waals surface area contributed by atoms with Crippen LogP contribution in [0.3, 0.4) is 0 Å². The molecule has 0 radical (unpaired) electrons. The second-order valence-electron chi connectivity index (χ2n) is 7.01. The molecule has 0 aliphatic heterocycles. The maximum atomic E-state index is 14.1. The van der Waals surface area contributed by atoms with Gasteiger partial charge >= 0.3 is 0 Å². The number of fused-ring (bicyclic) bond motifs is 1. The quantitative estimate of drug-likeness (QED) is 0.355. The van der Waals surface area contributed by atoms with Gasteiger partial charge in [0.1, 0.15) is 0 Å². The van der Waals surface area contributed by atoms with E-state index in [9.17, 15) is 8.78 Å². The Hall–Kier alpha value is -2.60. The van der Waals surface area contributed by atoms with E-state index >= 15 is 0 Å². The molecule has 0 spiro atoms. The van der Waals surface area contributed by atoms with Gasteiger partial charge in [-0.1, -0.05) is 46.3 Å². The van der Waals surface area contributed by atoms with Crippen LogP contribution in [-0.2, 0) is 0 Å². The predicted octanol–water partition coefficient (Wildman–Crippen LogP) is 6.67. The summed E-state index contributed by atoms with van der Waals surface area (Å²) in [5.41, 5.74) is 3.37. The molecule has 28 heavy (non-hydrogen) atoms. The predicted molar refractivity (Wildman–Crippen MR) is 109 cm³/mol. The van der Waals surface area contributed by atoms with Crippen molar-refractivity contribution in [3.8, 4) is 16.9 Å². The molecule has 1 saturated carbocycles. The second-order valence-corrected chi connectivity index (χ2v) is 7.93. The van der Waals surface area contributed by atoms with Gasteiger partial charge in [0.05, 0.1) is 22.5 Å². The average molecular weight is 440 g/mol. The van der Waals surface area contributed by atoms with Crippen LogP contribution in [0.5, 0.6) is 0 Å². The number of halogens is 3. The number of nitrogens with zero attached hydrogens (tertiary/aromatic N) is 3. The van der Waals surface area contributed by atoms with Crippen molar-refractivity contribution in [1.29, 1.82) is 0 Å². The molecule has 1 fully saturated rings. The summed E-state index contributed by atoms with van der Waals surface area (Å²) in [7, 11) is 0. The highest BCUT2D eigenvalue weighted by Crippen LogP contribution is 2.45. The molecule has 6 heteroatoms. The van der Waals surface area contributed by atoms with Gasteiger partial charge in [-0.25, -0.2) is 18.4 Å². The first kappa shape index (κ1) is 17.5. The summed E-state index contributed by atoms with van der Waals surface area (Å²) in [5, 5.41) is 5.23. The van der Waals surface area contributed by atoms with Crippen LogP contribution in [0.2, 0.25) is 0 Å². The van der Waals surface area contributed by atoms with Crippen LogP contribution in [0.1, 0.15) is 36.4 Å². The molecule has 2 aromatic heterocycles. The zero-order chi connectivity index (χ0) is 19.3. The lowest BCUT2D eigenvalue weighted by Gasteiger charge is -2.09. The van der Waals surface area contributed by atoms with Gasteiger partial charge in [0.15, 0.2) is 5.65 Å². The van der Waals surface area contributed by atoms with E-state index in [1.807, 2.05) is 54.6 Å². The molecule has 0 amide bonds. The summed E-state index contributed by atoms with van der Waals surface area (Å²) in [6.07, 6.45) is -0.624. The summed E-state index contributed by atoms with van der Waals surface area (Å²) >= 11 is 3.41. The Kier molecular flexibility index (Phi) is 4.23. The van der Waals surface area contributed by atoms with Crippen LogP contribution in [0, 0.1) is 0 Å². The molecule has 2 aromatic carbocycles. The Labute approximate surface area is 169 Å². The monoisotopic (exact) mass is 439 g/mol. The van der Waals surface area contributed by atoms with Gasteiger partial charge in [0.2, 0.25) is 0 Å². The molecule has 5 rings (SSSR count). The number of para-hydroxylation sites is 1. The number of rotatable bonds is 4. The first-order valence-electron chi connectivity index (χ1n) is 9.15. The van der Waals surface area contributed by atoms with Crippen molar-refractivity contribution in [3.63, 3.8) is 0 Å². The van der Waals surface area contributed by atoms with Gasteiger partial charge in [-0.15, -0.1) is 0 Å². The molecule has 0 atom stereocenters. The molecule has 0 saturated heterocycles. The van der Waals surface area contributed by atoms with Gasteiger partial charge in [-0.3, -0.25) is 0 Å². The minimum atomic E-state index is -2.59. The Balaban J connectivity index is 1.82. The first-order chi connectivity index (χ1) is 13.6. The molecule has 0 unspecified atom stereocenters. The topological polar surface area (TPSA) is 30.7 Å². The summed E-state index contributed by atoms with van der Waals surface area (Å²) in [6.45, 7) is 0. The first-order valence-corrected chi connectivity index (χ1v) is 9.94. The lowest BCUT2D eigenvalue weighted by atomic mass is 10.0. The van der Waals surface area contributed by atoms with E-state index in [1.165, 1.54) is 6.07 Å². The van der Waals surface area contributed by atoms with Gasteiger partial charge < -0.3 is 0 Å². The highest BCUT2D eigenvalue weighted by Gasteiger charge is 2.32. The van der Waals surface area contributed by atoms with Crippen molar-refractivity contribution in [2.45, 2.75) is 25.2 Å². The van der Waals surface area contributed by atoms with Crippen LogP contribution in [0.4, 0.5) is 8.78 Å². The number of aromatic nitrogens is 3. The maximum Gasteiger partial charge on any atom is 0.264 e. The minimum absolute atomic E-state index is 0.00648. The smallest absolute Gasteiger partial charge is 0.228 e. The third-order valence-corrected chi connectivity index (χ3v) is 5.56. The molecule has 1 aliphatic carbocycles. The normalized spacial score (nSPS) is 14.1. The van der Waals surface area contributed by atoms with Crippen molar-refractivity contribution in [2.75, 3.05) is 0 Å². The molecule has 2 heterocycles.